The molecule has 6 nitrogen and oxygen atoms in total. The van der Waals surface area contributed by atoms with E-state index in [4.69, 9.17) is 4.42 Å². The molecule has 0 saturated carbocycles. The van der Waals surface area contributed by atoms with E-state index in [-0.39, 0.29) is 18.4 Å². The van der Waals surface area contributed by atoms with E-state index in [1.807, 2.05) is 24.3 Å². The van der Waals surface area contributed by atoms with Crippen LogP contribution in [0.15, 0.2) is 47.1 Å². The van der Waals surface area contributed by atoms with Crippen LogP contribution in [0.4, 0.5) is 0 Å². The minimum absolute atomic E-state index is 0.00321. The lowest BCUT2D eigenvalue weighted by molar-refractivity contribution is -0.140. The van der Waals surface area contributed by atoms with E-state index in [1.54, 1.807) is 24.0 Å². The SMILES string of the molecule is CC(=O)N1Cc2ccccc2C[C@@H]1C(=O)NC[C@@](C)(O)c1ccco1. The summed E-state index contributed by atoms with van der Waals surface area (Å²) < 4.78 is 5.22. The Hall–Kier alpha value is -2.60. The molecule has 2 heterocycles. The zero-order valence-corrected chi connectivity index (χ0v) is 14.4. The molecule has 2 amide bonds. The van der Waals surface area contributed by atoms with Crippen molar-refractivity contribution in [2.24, 2.45) is 0 Å². The average molecular weight is 342 g/mol. The van der Waals surface area contributed by atoms with Crippen molar-refractivity contribution in [2.75, 3.05) is 6.54 Å². The molecule has 0 spiro atoms. The number of nitrogens with zero attached hydrogens (tertiary/aromatic N) is 1. The molecule has 132 valence electrons. The molecule has 0 fully saturated rings. The quantitative estimate of drug-likeness (QED) is 0.884. The first-order valence-electron chi connectivity index (χ1n) is 8.26. The van der Waals surface area contributed by atoms with Gasteiger partial charge in [-0.3, -0.25) is 9.59 Å². The number of hydrogen-bond acceptors (Lipinski definition) is 4. The van der Waals surface area contributed by atoms with Crippen LogP contribution in [0.25, 0.3) is 0 Å². The van der Waals surface area contributed by atoms with Gasteiger partial charge in [0.25, 0.3) is 0 Å². The lowest BCUT2D eigenvalue weighted by Gasteiger charge is -2.36. The average Bonchev–Trinajstić information content (AvgIpc) is 3.14. The number of furan rings is 1. The third-order valence-electron chi connectivity index (χ3n) is 4.61. The topological polar surface area (TPSA) is 82.8 Å². The van der Waals surface area contributed by atoms with Crippen LogP contribution < -0.4 is 5.32 Å². The molecule has 6 heteroatoms. The van der Waals surface area contributed by atoms with Crippen molar-refractivity contribution in [3.8, 4) is 0 Å². The highest BCUT2D eigenvalue weighted by atomic mass is 16.4. The van der Waals surface area contributed by atoms with Crippen LogP contribution in [0.3, 0.4) is 0 Å². The van der Waals surface area contributed by atoms with Gasteiger partial charge >= 0.3 is 0 Å². The molecule has 1 aliphatic rings. The van der Waals surface area contributed by atoms with Crippen molar-refractivity contribution in [1.29, 1.82) is 0 Å². The molecule has 1 aliphatic heterocycles. The molecule has 2 atom stereocenters. The molecule has 3 rings (SSSR count). The number of benzene rings is 1. The second-order valence-electron chi connectivity index (χ2n) is 6.60. The Morgan fingerprint density at radius 2 is 2.00 bits per heavy atom. The third kappa shape index (κ3) is 3.58. The summed E-state index contributed by atoms with van der Waals surface area (Å²) in [5, 5.41) is 13.2. The Morgan fingerprint density at radius 1 is 1.28 bits per heavy atom. The van der Waals surface area contributed by atoms with Gasteiger partial charge in [-0.2, -0.15) is 0 Å². The second-order valence-corrected chi connectivity index (χ2v) is 6.60. The van der Waals surface area contributed by atoms with Gasteiger partial charge < -0.3 is 19.7 Å². The molecular formula is C19H22N2O4. The summed E-state index contributed by atoms with van der Waals surface area (Å²) in [4.78, 5) is 26.3. The predicted octanol–water partition coefficient (Wildman–Crippen LogP) is 1.58. The van der Waals surface area contributed by atoms with Gasteiger partial charge in [-0.25, -0.2) is 0 Å². The summed E-state index contributed by atoms with van der Waals surface area (Å²) in [6, 6.07) is 10.6. The van der Waals surface area contributed by atoms with E-state index < -0.39 is 11.6 Å². The zero-order chi connectivity index (χ0) is 18.0. The van der Waals surface area contributed by atoms with Gasteiger partial charge in [0.2, 0.25) is 11.8 Å². The van der Waals surface area contributed by atoms with Crippen LogP contribution in [0.5, 0.6) is 0 Å². The van der Waals surface area contributed by atoms with Crippen molar-refractivity contribution in [3.05, 3.63) is 59.5 Å². The Bertz CT molecular complexity index is 767. The van der Waals surface area contributed by atoms with E-state index in [2.05, 4.69) is 5.32 Å². The highest BCUT2D eigenvalue weighted by molar-refractivity contribution is 5.87. The number of hydrogen-bond donors (Lipinski definition) is 2. The third-order valence-corrected chi connectivity index (χ3v) is 4.61. The minimum atomic E-state index is -1.31. The summed E-state index contributed by atoms with van der Waals surface area (Å²) in [7, 11) is 0. The van der Waals surface area contributed by atoms with Crippen molar-refractivity contribution < 1.29 is 19.1 Å². The molecule has 2 aromatic rings. The molecule has 0 aliphatic carbocycles. The summed E-state index contributed by atoms with van der Waals surface area (Å²) in [5.74, 6) is -0.0470. The fourth-order valence-corrected chi connectivity index (χ4v) is 3.14. The maximum absolute atomic E-state index is 12.7. The lowest BCUT2D eigenvalue weighted by Crippen LogP contribution is -2.53. The zero-order valence-electron chi connectivity index (χ0n) is 14.4. The Labute approximate surface area is 146 Å². The summed E-state index contributed by atoms with van der Waals surface area (Å²) >= 11 is 0. The molecule has 1 aromatic heterocycles. The van der Waals surface area contributed by atoms with Crippen LogP contribution in [0, 0.1) is 0 Å². The van der Waals surface area contributed by atoms with Gasteiger partial charge in [-0.15, -0.1) is 0 Å². The van der Waals surface area contributed by atoms with Crippen molar-refractivity contribution >= 4 is 11.8 Å². The summed E-state index contributed by atoms with van der Waals surface area (Å²) in [6.07, 6.45) is 1.94. The lowest BCUT2D eigenvalue weighted by atomic mass is 9.93. The molecule has 0 bridgehead atoms. The van der Waals surface area contributed by atoms with Gasteiger partial charge in [-0.1, -0.05) is 24.3 Å². The van der Waals surface area contributed by atoms with E-state index in [1.165, 1.54) is 13.2 Å². The molecule has 2 N–H and O–H groups in total. The van der Waals surface area contributed by atoms with Crippen LogP contribution >= 0.6 is 0 Å². The number of nitrogens with one attached hydrogen (secondary N) is 1. The molecule has 0 unspecified atom stereocenters. The van der Waals surface area contributed by atoms with Gasteiger partial charge in [0, 0.05) is 19.9 Å². The van der Waals surface area contributed by atoms with Gasteiger partial charge in [-0.05, 0) is 30.2 Å². The van der Waals surface area contributed by atoms with E-state index in [9.17, 15) is 14.7 Å². The fourth-order valence-electron chi connectivity index (χ4n) is 3.14. The highest BCUT2D eigenvalue weighted by Gasteiger charge is 2.34. The molecular weight excluding hydrogens is 320 g/mol. The van der Waals surface area contributed by atoms with Gasteiger partial charge in [0.05, 0.1) is 12.8 Å². The molecule has 1 aromatic carbocycles. The molecule has 25 heavy (non-hydrogen) atoms. The molecule has 0 radical (unpaired) electrons. The van der Waals surface area contributed by atoms with E-state index >= 15 is 0 Å². The maximum Gasteiger partial charge on any atom is 0.243 e. The van der Waals surface area contributed by atoms with Crippen LogP contribution in [-0.4, -0.2) is 34.4 Å². The largest absolute Gasteiger partial charge is 0.466 e. The minimum Gasteiger partial charge on any atom is -0.466 e. The number of rotatable bonds is 4. The number of aliphatic hydroxyl groups is 1. The summed E-state index contributed by atoms with van der Waals surface area (Å²) in [6.45, 7) is 3.46. The Kier molecular flexibility index (Phi) is 4.63. The first-order valence-corrected chi connectivity index (χ1v) is 8.26. The fraction of sp³-hybridized carbons (Fsp3) is 0.368. The Morgan fingerprint density at radius 3 is 2.64 bits per heavy atom. The first kappa shape index (κ1) is 17.2. The van der Waals surface area contributed by atoms with Crippen molar-refractivity contribution in [2.45, 2.75) is 38.5 Å². The number of carbonyl (C=O) groups excluding carboxylic acids is 2. The predicted molar refractivity (Wildman–Crippen MR) is 91.4 cm³/mol. The number of carbonyl (C=O) groups is 2. The van der Waals surface area contributed by atoms with Crippen LogP contribution in [0.1, 0.15) is 30.7 Å². The number of fused-ring (bicyclic) bond motifs is 1. The van der Waals surface area contributed by atoms with Gasteiger partial charge in [0.15, 0.2) is 0 Å². The monoisotopic (exact) mass is 342 g/mol. The summed E-state index contributed by atoms with van der Waals surface area (Å²) in [5.41, 5.74) is 0.814. The highest BCUT2D eigenvalue weighted by Crippen LogP contribution is 2.24. The standard InChI is InChI=1S/C19H22N2O4/c1-13(22)21-11-15-7-4-3-6-14(15)10-16(21)18(23)20-12-19(2,24)17-8-5-9-25-17/h3-9,16,24H,10-12H2,1-2H3,(H,20,23)/t16-,19-/m1/s1. The van der Waals surface area contributed by atoms with Crippen molar-refractivity contribution in [1.82, 2.24) is 10.2 Å². The number of amides is 2. The van der Waals surface area contributed by atoms with Gasteiger partial charge in [0.1, 0.15) is 17.4 Å². The van der Waals surface area contributed by atoms with Crippen molar-refractivity contribution in [3.63, 3.8) is 0 Å². The van der Waals surface area contributed by atoms with E-state index in [0.29, 0.717) is 18.7 Å². The Balaban J connectivity index is 1.73. The molecule has 0 saturated heterocycles. The first-order chi connectivity index (χ1) is 11.9. The normalized spacial score (nSPS) is 19.0. The van der Waals surface area contributed by atoms with E-state index in [0.717, 1.165) is 11.1 Å². The van der Waals surface area contributed by atoms with Crippen LogP contribution in [-0.2, 0) is 28.2 Å². The maximum atomic E-state index is 12.7. The van der Waals surface area contributed by atoms with Crippen LogP contribution in [0.2, 0.25) is 0 Å². The smallest absolute Gasteiger partial charge is 0.243 e. The second kappa shape index (κ2) is 6.72.